The Morgan fingerprint density at radius 3 is 1.12 bits per heavy atom. The van der Waals surface area contributed by atoms with Gasteiger partial charge in [-0.2, -0.15) is 0 Å². The predicted octanol–water partition coefficient (Wildman–Crippen LogP) is 18.6. The first-order chi connectivity index (χ1) is 33.0. The number of hydrogen-bond acceptors (Lipinski definition) is 5. The molecular weight excluding hydrogens is 827 g/mol. The average Bonchev–Trinajstić information content (AvgIpc) is 3.32. The Hall–Kier alpha value is -1.66. The van der Waals surface area contributed by atoms with E-state index in [1.54, 1.807) is 0 Å². The van der Waals surface area contributed by atoms with E-state index in [2.05, 4.69) is 50.4 Å². The van der Waals surface area contributed by atoms with E-state index in [1.807, 2.05) is 0 Å². The SMILES string of the molecule is CCCCCCCCC/C=C/C=C/CCCCCC(CC(=O)NC(CO)C(O)CCCCCCCCCCCCCCCCC)OC(=O)CCCCCCCCCCCCCCCCCCC. The summed E-state index contributed by atoms with van der Waals surface area (Å²) in [6, 6.07) is -0.707. The van der Waals surface area contributed by atoms with Gasteiger partial charge in [-0.05, 0) is 51.4 Å². The van der Waals surface area contributed by atoms with Gasteiger partial charge in [-0.15, -0.1) is 0 Å². The number of esters is 1. The summed E-state index contributed by atoms with van der Waals surface area (Å²) in [4.78, 5) is 26.3. The van der Waals surface area contributed by atoms with Crippen molar-refractivity contribution in [3.8, 4) is 0 Å². The summed E-state index contributed by atoms with van der Waals surface area (Å²) < 4.78 is 5.96. The Labute approximate surface area is 418 Å². The second-order valence-electron chi connectivity index (χ2n) is 20.8. The predicted molar refractivity (Wildman–Crippen MR) is 292 cm³/mol. The van der Waals surface area contributed by atoms with Crippen molar-refractivity contribution in [3.05, 3.63) is 24.3 Å². The highest BCUT2D eigenvalue weighted by atomic mass is 16.5. The van der Waals surface area contributed by atoms with Crippen LogP contribution in [-0.4, -0.2) is 46.9 Å². The number of aliphatic hydroxyl groups is 2. The van der Waals surface area contributed by atoms with Crippen LogP contribution in [0.15, 0.2) is 24.3 Å². The number of aliphatic hydroxyl groups excluding tert-OH is 2. The van der Waals surface area contributed by atoms with Crippen LogP contribution in [0.25, 0.3) is 0 Å². The monoisotopic (exact) mass is 944 g/mol. The van der Waals surface area contributed by atoms with Gasteiger partial charge in [0.2, 0.25) is 5.91 Å². The first kappa shape index (κ1) is 65.3. The molecule has 396 valence electrons. The fourth-order valence-corrected chi connectivity index (χ4v) is 9.48. The molecule has 67 heavy (non-hydrogen) atoms. The summed E-state index contributed by atoms with van der Waals surface area (Å²) >= 11 is 0. The van der Waals surface area contributed by atoms with Crippen molar-refractivity contribution >= 4 is 11.9 Å². The zero-order valence-corrected chi connectivity index (χ0v) is 45.3. The molecule has 0 spiro atoms. The molecule has 0 aliphatic rings. The van der Waals surface area contributed by atoms with Crippen molar-refractivity contribution in [1.29, 1.82) is 0 Å². The zero-order valence-electron chi connectivity index (χ0n) is 45.3. The summed E-state index contributed by atoms with van der Waals surface area (Å²) in [5.74, 6) is -0.478. The van der Waals surface area contributed by atoms with E-state index in [0.717, 1.165) is 64.2 Å². The molecule has 0 aliphatic heterocycles. The van der Waals surface area contributed by atoms with E-state index < -0.39 is 18.2 Å². The van der Waals surface area contributed by atoms with Crippen molar-refractivity contribution in [2.45, 2.75) is 347 Å². The molecule has 3 unspecified atom stereocenters. The van der Waals surface area contributed by atoms with Crippen LogP contribution >= 0.6 is 0 Å². The van der Waals surface area contributed by atoms with E-state index in [4.69, 9.17) is 4.74 Å². The summed E-state index contributed by atoms with van der Waals surface area (Å²) in [6.45, 7) is 6.52. The molecule has 3 atom stereocenters. The second kappa shape index (κ2) is 55.3. The Morgan fingerprint density at radius 1 is 0.433 bits per heavy atom. The summed E-state index contributed by atoms with van der Waals surface area (Å²) in [6.07, 6.45) is 65.3. The summed E-state index contributed by atoms with van der Waals surface area (Å²) in [5.41, 5.74) is 0. The number of unbranched alkanes of at least 4 members (excludes halogenated alkanes) is 40. The van der Waals surface area contributed by atoms with E-state index >= 15 is 0 Å². The van der Waals surface area contributed by atoms with Crippen molar-refractivity contribution in [2.24, 2.45) is 0 Å². The molecule has 0 aromatic heterocycles. The number of amides is 1. The molecule has 6 heteroatoms. The number of nitrogens with one attached hydrogen (secondary N) is 1. The number of rotatable bonds is 55. The normalized spacial score (nSPS) is 13.2. The average molecular weight is 945 g/mol. The number of carbonyl (C=O) groups excluding carboxylic acids is 2. The molecule has 0 aromatic carbocycles. The molecule has 0 fully saturated rings. The van der Waals surface area contributed by atoms with Gasteiger partial charge in [-0.3, -0.25) is 9.59 Å². The fourth-order valence-electron chi connectivity index (χ4n) is 9.48. The molecule has 0 saturated carbocycles. The van der Waals surface area contributed by atoms with Crippen LogP contribution in [0.3, 0.4) is 0 Å². The Bertz CT molecular complexity index is 1060. The maximum atomic E-state index is 13.3. The lowest BCUT2D eigenvalue weighted by Crippen LogP contribution is -2.46. The van der Waals surface area contributed by atoms with Crippen LogP contribution in [0, 0.1) is 0 Å². The van der Waals surface area contributed by atoms with Crippen LogP contribution in [0.5, 0.6) is 0 Å². The van der Waals surface area contributed by atoms with Crippen LogP contribution in [0.2, 0.25) is 0 Å². The lowest BCUT2D eigenvalue weighted by atomic mass is 10.0. The van der Waals surface area contributed by atoms with E-state index in [1.165, 1.54) is 218 Å². The van der Waals surface area contributed by atoms with Crippen LogP contribution in [0.1, 0.15) is 329 Å². The Kier molecular flexibility index (Phi) is 53.9. The van der Waals surface area contributed by atoms with Gasteiger partial charge in [-0.25, -0.2) is 0 Å². The second-order valence-corrected chi connectivity index (χ2v) is 20.8. The van der Waals surface area contributed by atoms with Crippen molar-refractivity contribution in [3.63, 3.8) is 0 Å². The van der Waals surface area contributed by atoms with Crippen molar-refractivity contribution in [2.75, 3.05) is 6.61 Å². The summed E-state index contributed by atoms with van der Waals surface area (Å²) in [5, 5.41) is 23.9. The van der Waals surface area contributed by atoms with Gasteiger partial charge in [0.15, 0.2) is 0 Å². The van der Waals surface area contributed by atoms with E-state index in [9.17, 15) is 19.8 Å². The number of allylic oxidation sites excluding steroid dienone is 4. The smallest absolute Gasteiger partial charge is 0.306 e. The largest absolute Gasteiger partial charge is 0.462 e. The third kappa shape index (κ3) is 50.5. The zero-order chi connectivity index (χ0) is 48.8. The lowest BCUT2D eigenvalue weighted by Gasteiger charge is -2.24. The molecule has 0 saturated heterocycles. The van der Waals surface area contributed by atoms with Crippen molar-refractivity contribution < 1.29 is 24.5 Å². The molecule has 0 bridgehead atoms. The Morgan fingerprint density at radius 2 is 0.746 bits per heavy atom. The topological polar surface area (TPSA) is 95.9 Å². The highest BCUT2D eigenvalue weighted by molar-refractivity contribution is 5.77. The van der Waals surface area contributed by atoms with Gasteiger partial charge in [-0.1, -0.05) is 289 Å². The molecule has 0 aromatic rings. The number of hydrogen-bond donors (Lipinski definition) is 3. The standard InChI is InChI=1S/C61H117NO5/c1-4-7-10-13-16-19-22-25-28-30-33-36-39-42-45-48-51-54-61(66)67-57(52-49-46-43-40-37-34-32-29-26-23-20-17-14-11-8-5-2)55-60(65)62-58(56-63)59(64)53-50-47-44-41-38-35-31-27-24-21-18-15-12-9-6-3/h29,32,34,37,57-59,63-64H,4-28,30-31,33,35-36,38-56H2,1-3H3,(H,62,65)/b32-29+,37-34+. The fraction of sp³-hybridized carbons (Fsp3) is 0.902. The molecule has 3 N–H and O–H groups in total. The maximum Gasteiger partial charge on any atom is 0.306 e. The number of ether oxygens (including phenoxy) is 1. The van der Waals surface area contributed by atoms with E-state index in [-0.39, 0.29) is 24.9 Å². The lowest BCUT2D eigenvalue weighted by molar-refractivity contribution is -0.151. The minimum absolute atomic E-state index is 0.0659. The highest BCUT2D eigenvalue weighted by Gasteiger charge is 2.24. The van der Waals surface area contributed by atoms with Gasteiger partial charge >= 0.3 is 5.97 Å². The molecular formula is C61H117NO5. The van der Waals surface area contributed by atoms with Gasteiger partial charge < -0.3 is 20.3 Å². The summed E-state index contributed by atoms with van der Waals surface area (Å²) in [7, 11) is 0. The molecule has 6 nitrogen and oxygen atoms in total. The van der Waals surface area contributed by atoms with Crippen LogP contribution < -0.4 is 5.32 Å². The quantitative estimate of drug-likeness (QED) is 0.0321. The van der Waals surface area contributed by atoms with Gasteiger partial charge in [0, 0.05) is 6.42 Å². The third-order valence-corrected chi connectivity index (χ3v) is 14.1. The maximum absolute atomic E-state index is 13.3. The van der Waals surface area contributed by atoms with Gasteiger partial charge in [0.05, 0.1) is 25.2 Å². The van der Waals surface area contributed by atoms with Crippen LogP contribution in [0.4, 0.5) is 0 Å². The molecule has 0 aliphatic carbocycles. The van der Waals surface area contributed by atoms with Crippen LogP contribution in [-0.2, 0) is 14.3 Å². The molecule has 0 heterocycles. The van der Waals surface area contributed by atoms with E-state index in [0.29, 0.717) is 19.3 Å². The molecule has 0 radical (unpaired) electrons. The van der Waals surface area contributed by atoms with Gasteiger partial charge in [0.1, 0.15) is 6.10 Å². The minimum Gasteiger partial charge on any atom is -0.462 e. The van der Waals surface area contributed by atoms with Crippen molar-refractivity contribution in [1.82, 2.24) is 5.32 Å². The number of carbonyl (C=O) groups is 2. The first-order valence-electron chi connectivity index (χ1n) is 30.1. The Balaban J connectivity index is 4.55. The van der Waals surface area contributed by atoms with Gasteiger partial charge in [0.25, 0.3) is 0 Å². The molecule has 1 amide bonds. The highest BCUT2D eigenvalue weighted by Crippen LogP contribution is 2.19. The molecule has 0 rings (SSSR count). The minimum atomic E-state index is -0.792. The third-order valence-electron chi connectivity index (χ3n) is 14.1. The first-order valence-corrected chi connectivity index (χ1v) is 30.1.